The van der Waals surface area contributed by atoms with Crippen LogP contribution in [0.5, 0.6) is 0 Å². The normalized spacial score (nSPS) is 10.8. The van der Waals surface area contributed by atoms with E-state index in [0.717, 1.165) is 16.3 Å². The molecule has 0 aromatic heterocycles. The van der Waals surface area contributed by atoms with Gasteiger partial charge in [0.15, 0.2) is 17.3 Å². The molecular weight excluding hydrogens is 432 g/mol. The molecule has 0 aliphatic rings. The average molecular weight is 455 g/mol. The van der Waals surface area contributed by atoms with Crippen LogP contribution in [-0.4, -0.2) is 17.3 Å². The van der Waals surface area contributed by atoms with Crippen molar-refractivity contribution in [1.82, 2.24) is 0 Å². The van der Waals surface area contributed by atoms with E-state index in [-0.39, 0.29) is 34.0 Å². The molecule has 35 heavy (non-hydrogen) atoms. The third-order valence-corrected chi connectivity index (χ3v) is 6.24. The Morgan fingerprint density at radius 1 is 0.457 bits per heavy atom. The molecule has 0 unspecified atom stereocenters. The molecule has 5 rings (SSSR count). The van der Waals surface area contributed by atoms with Gasteiger partial charge < -0.3 is 0 Å². The highest BCUT2D eigenvalue weighted by atomic mass is 16.1. The third-order valence-electron chi connectivity index (χ3n) is 6.24. The first kappa shape index (κ1) is 22.2. The van der Waals surface area contributed by atoms with Crippen LogP contribution in [0.25, 0.3) is 10.8 Å². The first-order valence-electron chi connectivity index (χ1n) is 11.4. The molecule has 5 aromatic rings. The summed E-state index contributed by atoms with van der Waals surface area (Å²) >= 11 is 0. The Labute approximate surface area is 203 Å². The standard InChI is InChI=1S/C32H22O3/c1-21-11-5-7-16-24(21)32(35)29-27(30(33)23-13-3-2-4-14-23)19-10-20-28(29)31(34)26-18-9-15-22-12-6-8-17-25(22)26/h2-20H,1H3. The molecule has 0 saturated heterocycles. The first-order chi connectivity index (χ1) is 17.1. The Balaban J connectivity index is 1.75. The zero-order valence-electron chi connectivity index (χ0n) is 19.2. The van der Waals surface area contributed by atoms with E-state index in [0.29, 0.717) is 16.7 Å². The summed E-state index contributed by atoms with van der Waals surface area (Å²) in [5, 5.41) is 1.73. The van der Waals surface area contributed by atoms with Gasteiger partial charge in [-0.15, -0.1) is 0 Å². The maximum atomic E-state index is 13.9. The minimum Gasteiger partial charge on any atom is -0.289 e. The van der Waals surface area contributed by atoms with Crippen molar-refractivity contribution in [2.75, 3.05) is 0 Å². The summed E-state index contributed by atoms with van der Waals surface area (Å²) in [5.41, 5.74) is 2.77. The van der Waals surface area contributed by atoms with Gasteiger partial charge in [0.25, 0.3) is 0 Å². The average Bonchev–Trinajstić information content (AvgIpc) is 2.92. The minimum atomic E-state index is -0.341. The van der Waals surface area contributed by atoms with Crippen molar-refractivity contribution in [3.63, 3.8) is 0 Å². The quantitative estimate of drug-likeness (QED) is 0.264. The van der Waals surface area contributed by atoms with Gasteiger partial charge in [-0.25, -0.2) is 0 Å². The minimum absolute atomic E-state index is 0.133. The molecule has 168 valence electrons. The highest BCUT2D eigenvalue weighted by Crippen LogP contribution is 2.28. The second-order valence-corrected chi connectivity index (χ2v) is 8.42. The van der Waals surface area contributed by atoms with Crippen LogP contribution in [0.15, 0.2) is 115 Å². The molecule has 0 radical (unpaired) electrons. The molecule has 3 nitrogen and oxygen atoms in total. The number of benzene rings is 5. The monoisotopic (exact) mass is 454 g/mol. The van der Waals surface area contributed by atoms with E-state index in [1.165, 1.54) is 0 Å². The molecule has 3 heteroatoms. The lowest BCUT2D eigenvalue weighted by Gasteiger charge is -2.15. The van der Waals surface area contributed by atoms with Crippen LogP contribution in [0.3, 0.4) is 0 Å². The zero-order chi connectivity index (χ0) is 24.4. The smallest absolute Gasteiger partial charge is 0.194 e. The van der Waals surface area contributed by atoms with Crippen LogP contribution in [0, 0.1) is 6.92 Å². The molecule has 0 aliphatic carbocycles. The Hall–Kier alpha value is -4.63. The molecule has 0 bridgehead atoms. The summed E-state index contributed by atoms with van der Waals surface area (Å²) in [6.45, 7) is 1.85. The topological polar surface area (TPSA) is 51.2 Å². The van der Waals surface area contributed by atoms with Crippen molar-refractivity contribution in [3.05, 3.63) is 154 Å². The summed E-state index contributed by atoms with van der Waals surface area (Å²) in [4.78, 5) is 41.4. The Morgan fingerprint density at radius 3 is 1.77 bits per heavy atom. The van der Waals surface area contributed by atoms with E-state index in [4.69, 9.17) is 0 Å². The molecule has 0 N–H and O–H groups in total. The molecule has 0 aliphatic heterocycles. The third kappa shape index (κ3) is 4.09. The summed E-state index contributed by atoms with van der Waals surface area (Å²) in [5.74, 6) is -0.928. The van der Waals surface area contributed by atoms with Crippen LogP contribution < -0.4 is 0 Å². The molecule has 0 amide bonds. The first-order valence-corrected chi connectivity index (χ1v) is 11.4. The largest absolute Gasteiger partial charge is 0.289 e. The SMILES string of the molecule is Cc1ccccc1C(=O)c1c(C(=O)c2ccccc2)cccc1C(=O)c1cccc2ccccc12. The highest BCUT2D eigenvalue weighted by Gasteiger charge is 2.27. The van der Waals surface area contributed by atoms with Crippen LogP contribution in [0.4, 0.5) is 0 Å². The maximum Gasteiger partial charge on any atom is 0.194 e. The van der Waals surface area contributed by atoms with Gasteiger partial charge in [0.2, 0.25) is 0 Å². The predicted octanol–water partition coefficient (Wildman–Crippen LogP) is 6.84. The number of carbonyl (C=O) groups is 3. The maximum absolute atomic E-state index is 13.9. The molecule has 0 heterocycles. The van der Waals surface area contributed by atoms with E-state index >= 15 is 0 Å². The van der Waals surface area contributed by atoms with Gasteiger partial charge >= 0.3 is 0 Å². The number of hydrogen-bond acceptors (Lipinski definition) is 3. The van der Waals surface area contributed by atoms with Gasteiger partial charge in [-0.2, -0.15) is 0 Å². The lowest BCUT2D eigenvalue weighted by atomic mass is 9.85. The Morgan fingerprint density at radius 2 is 1.00 bits per heavy atom. The van der Waals surface area contributed by atoms with Crippen LogP contribution >= 0.6 is 0 Å². The molecule has 0 fully saturated rings. The summed E-state index contributed by atoms with van der Waals surface area (Å²) in [6.07, 6.45) is 0. The van der Waals surface area contributed by atoms with E-state index in [2.05, 4.69) is 0 Å². The van der Waals surface area contributed by atoms with Crippen LogP contribution in [0.1, 0.15) is 53.3 Å². The lowest BCUT2D eigenvalue weighted by molar-refractivity contribution is 0.0991. The number of aryl methyl sites for hydroxylation is 1. The van der Waals surface area contributed by atoms with Crippen molar-refractivity contribution in [3.8, 4) is 0 Å². The van der Waals surface area contributed by atoms with Gasteiger partial charge in [0.1, 0.15) is 0 Å². The van der Waals surface area contributed by atoms with Gasteiger partial charge in [-0.1, -0.05) is 115 Å². The van der Waals surface area contributed by atoms with Crippen LogP contribution in [-0.2, 0) is 0 Å². The lowest BCUT2D eigenvalue weighted by Crippen LogP contribution is -2.18. The fraction of sp³-hybridized carbons (Fsp3) is 0.0312. The van der Waals surface area contributed by atoms with E-state index < -0.39 is 0 Å². The van der Waals surface area contributed by atoms with E-state index in [1.807, 2.05) is 61.5 Å². The Bertz CT molecular complexity index is 1590. The molecule has 0 atom stereocenters. The molecule has 0 spiro atoms. The molecular formula is C32H22O3. The van der Waals surface area contributed by atoms with Gasteiger partial charge in [0, 0.05) is 33.4 Å². The zero-order valence-corrected chi connectivity index (χ0v) is 19.2. The number of carbonyl (C=O) groups excluding carboxylic acids is 3. The Kier molecular flexibility index (Phi) is 5.90. The van der Waals surface area contributed by atoms with Crippen molar-refractivity contribution in [1.29, 1.82) is 0 Å². The summed E-state index contributed by atoms with van der Waals surface area (Å²) in [7, 11) is 0. The number of ketones is 3. The van der Waals surface area contributed by atoms with E-state index in [9.17, 15) is 14.4 Å². The van der Waals surface area contributed by atoms with Gasteiger partial charge in [-0.3, -0.25) is 14.4 Å². The molecule has 0 saturated carbocycles. The fourth-order valence-corrected chi connectivity index (χ4v) is 4.45. The second-order valence-electron chi connectivity index (χ2n) is 8.42. The van der Waals surface area contributed by atoms with Crippen molar-refractivity contribution in [2.24, 2.45) is 0 Å². The summed E-state index contributed by atoms with van der Waals surface area (Å²) < 4.78 is 0. The van der Waals surface area contributed by atoms with Crippen LogP contribution in [0.2, 0.25) is 0 Å². The predicted molar refractivity (Wildman–Crippen MR) is 138 cm³/mol. The summed E-state index contributed by atoms with van der Waals surface area (Å²) in [6, 6.07) is 34.1. The second kappa shape index (κ2) is 9.32. The van der Waals surface area contributed by atoms with Crippen molar-refractivity contribution in [2.45, 2.75) is 6.92 Å². The number of fused-ring (bicyclic) bond motifs is 1. The van der Waals surface area contributed by atoms with Gasteiger partial charge in [-0.05, 0) is 23.3 Å². The molecule has 5 aromatic carbocycles. The number of hydrogen-bond donors (Lipinski definition) is 0. The van der Waals surface area contributed by atoms with Gasteiger partial charge in [0.05, 0.1) is 0 Å². The fourth-order valence-electron chi connectivity index (χ4n) is 4.45. The van der Waals surface area contributed by atoms with E-state index in [1.54, 1.807) is 60.7 Å². The highest BCUT2D eigenvalue weighted by molar-refractivity contribution is 6.27. The number of rotatable bonds is 6. The van der Waals surface area contributed by atoms with Crippen molar-refractivity contribution >= 4 is 28.1 Å². The van der Waals surface area contributed by atoms with Crippen molar-refractivity contribution < 1.29 is 14.4 Å².